The molecule has 17 heavy (non-hydrogen) atoms. The Balaban J connectivity index is 2.42. The van der Waals surface area contributed by atoms with Crippen molar-refractivity contribution in [3.63, 3.8) is 0 Å². The quantitative estimate of drug-likeness (QED) is 0.663. The Bertz CT molecular complexity index is 527. The van der Waals surface area contributed by atoms with Crippen molar-refractivity contribution >= 4 is 22.9 Å². The lowest BCUT2D eigenvalue weighted by molar-refractivity contribution is 0.618. The van der Waals surface area contributed by atoms with Gasteiger partial charge >= 0.3 is 0 Å². The summed E-state index contributed by atoms with van der Waals surface area (Å²) in [5, 5.41) is 2.11. The molecule has 1 unspecified atom stereocenters. The number of benzene rings is 1. The van der Waals surface area contributed by atoms with E-state index in [9.17, 15) is 4.39 Å². The lowest BCUT2D eigenvalue weighted by Gasteiger charge is -2.16. The monoisotopic (exact) mass is 270 g/mol. The predicted octanol–water partition coefficient (Wildman–Crippen LogP) is 3.40. The minimum absolute atomic E-state index is 0.108. The molecule has 0 saturated carbocycles. The molecule has 0 bridgehead atoms. The summed E-state index contributed by atoms with van der Waals surface area (Å²) >= 11 is 7.38. The number of hydrogen-bond acceptors (Lipinski definition) is 3. The second-order valence-corrected chi connectivity index (χ2v) is 5.10. The molecule has 1 aromatic heterocycles. The summed E-state index contributed by atoms with van der Waals surface area (Å²) in [4.78, 5) is 1.11. The average molecular weight is 271 g/mol. The van der Waals surface area contributed by atoms with Crippen LogP contribution in [0.2, 0.25) is 5.02 Å². The Kier molecular flexibility index (Phi) is 3.79. The molecule has 3 N–H and O–H groups in total. The summed E-state index contributed by atoms with van der Waals surface area (Å²) in [5.74, 6) is 5.15. The van der Waals surface area contributed by atoms with Gasteiger partial charge in [-0.1, -0.05) is 17.7 Å². The van der Waals surface area contributed by atoms with Gasteiger partial charge in [-0.2, -0.15) is 0 Å². The lowest BCUT2D eigenvalue weighted by Crippen LogP contribution is -2.28. The summed E-state index contributed by atoms with van der Waals surface area (Å²) in [6, 6.07) is 6.50. The van der Waals surface area contributed by atoms with E-state index < -0.39 is 5.82 Å². The molecule has 0 aliphatic rings. The van der Waals surface area contributed by atoms with Crippen LogP contribution in [0.4, 0.5) is 4.39 Å². The van der Waals surface area contributed by atoms with Gasteiger partial charge in [-0.25, -0.2) is 9.82 Å². The van der Waals surface area contributed by atoms with Gasteiger partial charge in [0.15, 0.2) is 0 Å². The minimum Gasteiger partial charge on any atom is -0.271 e. The van der Waals surface area contributed by atoms with E-state index in [0.29, 0.717) is 0 Å². The molecule has 0 aliphatic heterocycles. The highest BCUT2D eigenvalue weighted by Gasteiger charge is 2.17. The Morgan fingerprint density at radius 3 is 2.71 bits per heavy atom. The minimum atomic E-state index is -0.422. The van der Waals surface area contributed by atoms with Crippen LogP contribution in [0.3, 0.4) is 0 Å². The van der Waals surface area contributed by atoms with Crippen molar-refractivity contribution in [2.45, 2.75) is 13.0 Å². The maximum Gasteiger partial charge on any atom is 0.141 e. The van der Waals surface area contributed by atoms with Crippen LogP contribution in [0.1, 0.15) is 22.0 Å². The molecule has 0 fully saturated rings. The third-order valence-corrected chi connectivity index (χ3v) is 3.98. The Morgan fingerprint density at radius 2 is 2.18 bits per heavy atom. The van der Waals surface area contributed by atoms with E-state index in [4.69, 9.17) is 17.4 Å². The number of hydrogen-bond donors (Lipinski definition) is 2. The van der Waals surface area contributed by atoms with Crippen molar-refractivity contribution in [3.05, 3.63) is 56.5 Å². The second kappa shape index (κ2) is 5.14. The summed E-state index contributed by atoms with van der Waals surface area (Å²) in [5.41, 5.74) is 4.74. The fraction of sp³-hybridized carbons (Fsp3) is 0.167. The van der Waals surface area contributed by atoms with Crippen LogP contribution in [0.5, 0.6) is 0 Å². The first-order chi connectivity index (χ1) is 8.13. The maximum atomic E-state index is 13.1. The van der Waals surface area contributed by atoms with Crippen LogP contribution in [0.15, 0.2) is 29.6 Å². The highest BCUT2D eigenvalue weighted by Crippen LogP contribution is 2.30. The first-order valence-corrected chi connectivity index (χ1v) is 6.34. The van der Waals surface area contributed by atoms with Crippen molar-refractivity contribution in [1.82, 2.24) is 5.43 Å². The highest BCUT2D eigenvalue weighted by atomic mass is 35.5. The molecule has 0 spiro atoms. The summed E-state index contributed by atoms with van der Waals surface area (Å²) in [7, 11) is 0. The van der Waals surface area contributed by atoms with E-state index in [1.807, 2.05) is 18.4 Å². The van der Waals surface area contributed by atoms with E-state index in [2.05, 4.69) is 5.43 Å². The molecule has 0 aliphatic carbocycles. The zero-order chi connectivity index (χ0) is 12.4. The Morgan fingerprint density at radius 1 is 1.41 bits per heavy atom. The summed E-state index contributed by atoms with van der Waals surface area (Å²) in [6.07, 6.45) is 0. The van der Waals surface area contributed by atoms with Gasteiger partial charge in [-0.05, 0) is 41.6 Å². The molecule has 1 atom stereocenters. The number of rotatable bonds is 3. The third-order valence-electron chi connectivity index (χ3n) is 2.61. The van der Waals surface area contributed by atoms with Gasteiger partial charge in [0, 0.05) is 4.88 Å². The van der Waals surface area contributed by atoms with Gasteiger partial charge < -0.3 is 0 Å². The van der Waals surface area contributed by atoms with Gasteiger partial charge in [-0.15, -0.1) is 11.3 Å². The van der Waals surface area contributed by atoms with E-state index >= 15 is 0 Å². The molecular formula is C12H12ClFN2S. The second-order valence-electron chi connectivity index (χ2n) is 3.74. The molecule has 0 radical (unpaired) electrons. The Labute approximate surface area is 108 Å². The smallest absolute Gasteiger partial charge is 0.141 e. The van der Waals surface area contributed by atoms with Crippen LogP contribution < -0.4 is 11.3 Å². The highest BCUT2D eigenvalue weighted by molar-refractivity contribution is 7.10. The van der Waals surface area contributed by atoms with Gasteiger partial charge in [0.05, 0.1) is 11.1 Å². The SMILES string of the molecule is Cc1ccsc1C(NN)c1ccc(F)c(Cl)c1. The molecule has 1 aromatic carbocycles. The van der Waals surface area contributed by atoms with E-state index in [0.717, 1.165) is 16.0 Å². The number of thiophene rings is 1. The zero-order valence-electron chi connectivity index (χ0n) is 9.21. The molecule has 5 heteroatoms. The number of nitrogens with two attached hydrogens (primary N) is 1. The number of nitrogens with one attached hydrogen (secondary N) is 1. The fourth-order valence-corrected chi connectivity index (χ4v) is 2.90. The van der Waals surface area contributed by atoms with E-state index in [1.165, 1.54) is 6.07 Å². The first-order valence-electron chi connectivity index (χ1n) is 5.08. The van der Waals surface area contributed by atoms with Gasteiger partial charge in [0.2, 0.25) is 0 Å². The molecule has 2 rings (SSSR count). The molecular weight excluding hydrogens is 259 g/mol. The van der Waals surface area contributed by atoms with Gasteiger partial charge in [-0.3, -0.25) is 5.84 Å². The number of aryl methyl sites for hydroxylation is 1. The van der Waals surface area contributed by atoms with Crippen LogP contribution >= 0.6 is 22.9 Å². The predicted molar refractivity (Wildman–Crippen MR) is 69.6 cm³/mol. The molecule has 0 saturated heterocycles. The van der Waals surface area contributed by atoms with Crippen LogP contribution in [-0.2, 0) is 0 Å². The van der Waals surface area contributed by atoms with Crippen molar-refractivity contribution in [2.24, 2.45) is 5.84 Å². The van der Waals surface area contributed by atoms with E-state index in [-0.39, 0.29) is 11.1 Å². The normalized spacial score (nSPS) is 12.7. The summed E-state index contributed by atoms with van der Waals surface area (Å²) in [6.45, 7) is 2.02. The van der Waals surface area contributed by atoms with Crippen molar-refractivity contribution in [3.8, 4) is 0 Å². The molecule has 2 aromatic rings. The topological polar surface area (TPSA) is 38.0 Å². The first kappa shape index (κ1) is 12.5. The Hall–Kier alpha value is -0.940. The van der Waals surface area contributed by atoms with Crippen molar-refractivity contribution in [1.29, 1.82) is 0 Å². The van der Waals surface area contributed by atoms with Gasteiger partial charge in [0.25, 0.3) is 0 Å². The largest absolute Gasteiger partial charge is 0.271 e. The van der Waals surface area contributed by atoms with Crippen LogP contribution in [0.25, 0.3) is 0 Å². The summed E-state index contributed by atoms with van der Waals surface area (Å²) < 4.78 is 13.1. The fourth-order valence-electron chi connectivity index (χ4n) is 1.70. The zero-order valence-corrected chi connectivity index (χ0v) is 10.8. The van der Waals surface area contributed by atoms with Crippen molar-refractivity contribution < 1.29 is 4.39 Å². The average Bonchev–Trinajstić information content (AvgIpc) is 2.71. The van der Waals surface area contributed by atoms with E-state index in [1.54, 1.807) is 23.5 Å². The van der Waals surface area contributed by atoms with Crippen molar-refractivity contribution in [2.75, 3.05) is 0 Å². The molecule has 1 heterocycles. The third kappa shape index (κ3) is 2.50. The number of halogens is 2. The molecule has 2 nitrogen and oxygen atoms in total. The molecule has 90 valence electrons. The van der Waals surface area contributed by atoms with Gasteiger partial charge in [0.1, 0.15) is 5.82 Å². The maximum absolute atomic E-state index is 13.1. The number of hydrazine groups is 1. The lowest BCUT2D eigenvalue weighted by atomic mass is 10.0. The molecule has 0 amide bonds. The standard InChI is InChI=1S/C12H12ClFN2S/c1-7-4-5-17-12(7)11(16-15)8-2-3-10(14)9(13)6-8/h2-6,11,16H,15H2,1H3. The van der Waals surface area contributed by atoms with Crippen LogP contribution in [0, 0.1) is 12.7 Å². The van der Waals surface area contributed by atoms with Crippen LogP contribution in [-0.4, -0.2) is 0 Å².